The van der Waals surface area contributed by atoms with Crippen molar-refractivity contribution >= 4 is 22.4 Å². The fraction of sp³-hybridized carbons (Fsp3) is 0.333. The molecule has 3 heterocycles. The van der Waals surface area contributed by atoms with Crippen molar-refractivity contribution in [2.75, 3.05) is 19.0 Å². The molecule has 9 heteroatoms. The van der Waals surface area contributed by atoms with Crippen LogP contribution in [0, 0.1) is 17.2 Å². The lowest BCUT2D eigenvalue weighted by Crippen LogP contribution is -2.13. The summed E-state index contributed by atoms with van der Waals surface area (Å²) in [4.78, 5) is 15.4. The van der Waals surface area contributed by atoms with E-state index < -0.39 is 0 Å². The number of rotatable bonds is 9. The molecule has 1 atom stereocenters. The summed E-state index contributed by atoms with van der Waals surface area (Å²) in [5.41, 5.74) is 3.23. The van der Waals surface area contributed by atoms with Crippen LogP contribution in [0.5, 0.6) is 0 Å². The van der Waals surface area contributed by atoms with Crippen molar-refractivity contribution in [2.45, 2.75) is 31.8 Å². The van der Waals surface area contributed by atoms with Crippen LogP contribution in [0.25, 0.3) is 22.2 Å². The molecule has 1 fully saturated rings. The molecular formula is C24H25N7O2. The molecule has 33 heavy (non-hydrogen) atoms. The Morgan fingerprint density at radius 2 is 2.06 bits per heavy atom. The van der Waals surface area contributed by atoms with Crippen molar-refractivity contribution in [3.05, 3.63) is 59.1 Å². The highest BCUT2D eigenvalue weighted by Gasteiger charge is 2.34. The zero-order valence-corrected chi connectivity index (χ0v) is 18.4. The second-order valence-electron chi connectivity index (χ2n) is 8.29. The van der Waals surface area contributed by atoms with E-state index in [-0.39, 0.29) is 11.6 Å². The summed E-state index contributed by atoms with van der Waals surface area (Å²) < 4.78 is 8.81. The zero-order valence-electron chi connectivity index (χ0n) is 18.4. The molecule has 0 spiro atoms. The molecule has 0 aliphatic heterocycles. The number of ether oxygens (including phenoxy) is 1. The predicted octanol–water partition coefficient (Wildman–Crippen LogP) is 3.84. The van der Waals surface area contributed by atoms with Crippen molar-refractivity contribution in [1.82, 2.24) is 24.5 Å². The van der Waals surface area contributed by atoms with Gasteiger partial charge < -0.3 is 15.0 Å². The van der Waals surface area contributed by atoms with Gasteiger partial charge in [-0.2, -0.15) is 15.5 Å². The number of H-pyrrole nitrogens is 1. The van der Waals surface area contributed by atoms with Crippen molar-refractivity contribution in [3.8, 4) is 17.3 Å². The Hall–Kier alpha value is -3.90. The van der Waals surface area contributed by atoms with Crippen molar-refractivity contribution in [3.63, 3.8) is 0 Å². The number of aromatic nitrogens is 5. The molecular weight excluding hydrogens is 418 g/mol. The lowest BCUT2D eigenvalue weighted by atomic mass is 10.1. The molecule has 0 amide bonds. The van der Waals surface area contributed by atoms with E-state index in [0.29, 0.717) is 36.7 Å². The number of anilines is 2. The number of aromatic amines is 1. The fourth-order valence-corrected chi connectivity index (χ4v) is 4.15. The van der Waals surface area contributed by atoms with Gasteiger partial charge in [0.15, 0.2) is 5.82 Å². The molecule has 9 nitrogen and oxygen atoms in total. The number of benzene rings is 1. The van der Waals surface area contributed by atoms with Gasteiger partial charge in [-0.25, -0.2) is 0 Å². The quantitative estimate of drug-likeness (QED) is 0.406. The smallest absolute Gasteiger partial charge is 0.261 e. The largest absolute Gasteiger partial charge is 0.383 e. The SMILES string of the molecule is COCCn1ccc(-c2ccc(Nc3nn(C(CC#N)C4CC4)c4cc[nH]c(=O)c34)cc2)n1. The lowest BCUT2D eigenvalue weighted by molar-refractivity contribution is 0.183. The Kier molecular flexibility index (Phi) is 5.67. The van der Waals surface area contributed by atoms with Crippen LogP contribution in [0.15, 0.2) is 53.6 Å². The first-order chi connectivity index (χ1) is 16.2. The number of nitriles is 1. The Morgan fingerprint density at radius 3 is 2.79 bits per heavy atom. The summed E-state index contributed by atoms with van der Waals surface area (Å²) >= 11 is 0. The molecule has 0 bridgehead atoms. The molecule has 0 saturated heterocycles. The predicted molar refractivity (Wildman–Crippen MR) is 125 cm³/mol. The monoisotopic (exact) mass is 443 g/mol. The highest BCUT2D eigenvalue weighted by atomic mass is 16.5. The van der Waals surface area contributed by atoms with E-state index in [1.807, 2.05) is 52.0 Å². The minimum absolute atomic E-state index is 0.0227. The van der Waals surface area contributed by atoms with Gasteiger partial charge in [0.25, 0.3) is 5.56 Å². The van der Waals surface area contributed by atoms with Gasteiger partial charge in [-0.15, -0.1) is 0 Å². The first-order valence-corrected chi connectivity index (χ1v) is 11.0. The summed E-state index contributed by atoms with van der Waals surface area (Å²) in [7, 11) is 1.67. The molecule has 1 aliphatic carbocycles. The average molecular weight is 444 g/mol. The fourth-order valence-electron chi connectivity index (χ4n) is 4.15. The second kappa shape index (κ2) is 8.92. The summed E-state index contributed by atoms with van der Waals surface area (Å²) in [5.74, 6) is 0.926. The van der Waals surface area contributed by atoms with Crippen molar-refractivity contribution < 1.29 is 4.74 Å². The molecule has 168 valence electrons. The van der Waals surface area contributed by atoms with Crippen molar-refractivity contribution in [2.24, 2.45) is 5.92 Å². The highest BCUT2D eigenvalue weighted by Crippen LogP contribution is 2.43. The van der Waals surface area contributed by atoms with Crippen LogP contribution in [0.3, 0.4) is 0 Å². The van der Waals surface area contributed by atoms with Gasteiger partial charge in [-0.1, -0.05) is 12.1 Å². The average Bonchev–Trinajstić information content (AvgIpc) is 3.45. The van der Waals surface area contributed by atoms with Gasteiger partial charge in [0.1, 0.15) is 5.39 Å². The summed E-state index contributed by atoms with van der Waals surface area (Å²) in [6.45, 7) is 1.31. The van der Waals surface area contributed by atoms with E-state index in [1.54, 1.807) is 13.3 Å². The van der Waals surface area contributed by atoms with Gasteiger partial charge in [0.05, 0.1) is 42.9 Å². The molecule has 4 aromatic rings. The molecule has 5 rings (SSSR count). The van der Waals surface area contributed by atoms with E-state index in [9.17, 15) is 10.1 Å². The van der Waals surface area contributed by atoms with Crippen LogP contribution < -0.4 is 10.9 Å². The molecule has 1 saturated carbocycles. The molecule has 1 unspecified atom stereocenters. The Balaban J connectivity index is 1.43. The first-order valence-electron chi connectivity index (χ1n) is 11.0. The standard InChI is InChI=1S/C24H25N7O2/c1-33-15-14-30-13-10-19(28-30)16-4-6-18(7-5-16)27-23-22-21(9-12-26-24(22)32)31(29-23)20(8-11-25)17-2-3-17/h4-7,9-10,12-13,17,20H,2-3,8,14-15H2,1H3,(H,26,32)(H,27,29). The van der Waals surface area contributed by atoms with Crippen LogP contribution in [-0.2, 0) is 11.3 Å². The van der Waals surface area contributed by atoms with Crippen LogP contribution in [0.4, 0.5) is 11.5 Å². The van der Waals surface area contributed by atoms with Crippen LogP contribution in [0.1, 0.15) is 25.3 Å². The maximum Gasteiger partial charge on any atom is 0.261 e. The van der Waals surface area contributed by atoms with Crippen LogP contribution in [0.2, 0.25) is 0 Å². The topological polar surface area (TPSA) is 114 Å². The summed E-state index contributed by atoms with van der Waals surface area (Å²) in [6, 6.07) is 13.9. The number of pyridine rings is 1. The maximum atomic E-state index is 12.7. The van der Waals surface area contributed by atoms with Gasteiger partial charge in [-0.05, 0) is 43.0 Å². The van der Waals surface area contributed by atoms with Crippen molar-refractivity contribution in [1.29, 1.82) is 5.26 Å². The Morgan fingerprint density at radius 1 is 1.24 bits per heavy atom. The van der Waals surface area contributed by atoms with Gasteiger partial charge >= 0.3 is 0 Å². The van der Waals surface area contributed by atoms with E-state index in [1.165, 1.54) is 0 Å². The third kappa shape index (κ3) is 4.25. The number of methoxy groups -OCH3 is 1. The Bertz CT molecular complexity index is 1360. The van der Waals surface area contributed by atoms with E-state index in [4.69, 9.17) is 9.84 Å². The van der Waals surface area contributed by atoms with Crippen LogP contribution in [-0.4, -0.2) is 38.3 Å². The highest BCUT2D eigenvalue weighted by molar-refractivity contribution is 5.91. The third-order valence-electron chi connectivity index (χ3n) is 6.02. The lowest BCUT2D eigenvalue weighted by Gasteiger charge is -2.14. The van der Waals surface area contributed by atoms with E-state index in [0.717, 1.165) is 35.3 Å². The van der Waals surface area contributed by atoms with Gasteiger partial charge in [0, 0.05) is 30.8 Å². The summed E-state index contributed by atoms with van der Waals surface area (Å²) in [5, 5.41) is 22.4. The number of hydrogen-bond donors (Lipinski definition) is 2. The van der Waals surface area contributed by atoms with Gasteiger partial charge in [0.2, 0.25) is 0 Å². The Labute approximate surface area is 190 Å². The number of nitrogens with zero attached hydrogens (tertiary/aromatic N) is 5. The number of nitrogens with one attached hydrogen (secondary N) is 2. The second-order valence-corrected chi connectivity index (χ2v) is 8.29. The molecule has 3 aromatic heterocycles. The van der Waals surface area contributed by atoms with Crippen LogP contribution >= 0.6 is 0 Å². The third-order valence-corrected chi connectivity index (χ3v) is 6.02. The molecule has 1 aliphatic rings. The number of fused-ring (bicyclic) bond motifs is 1. The molecule has 0 radical (unpaired) electrons. The van der Waals surface area contributed by atoms with Gasteiger partial charge in [-0.3, -0.25) is 14.2 Å². The zero-order chi connectivity index (χ0) is 22.8. The van der Waals surface area contributed by atoms with E-state index in [2.05, 4.69) is 21.5 Å². The molecule has 2 N–H and O–H groups in total. The minimum Gasteiger partial charge on any atom is -0.383 e. The summed E-state index contributed by atoms with van der Waals surface area (Å²) in [6.07, 6.45) is 6.11. The van der Waals surface area contributed by atoms with E-state index >= 15 is 0 Å². The maximum absolute atomic E-state index is 12.7. The normalized spacial score (nSPS) is 14.3. The molecule has 1 aromatic carbocycles. The first kappa shape index (κ1) is 21.0. The minimum atomic E-state index is -0.203. The number of hydrogen-bond acceptors (Lipinski definition) is 6.